The molecule has 0 unspecified atom stereocenters. The van der Waals surface area contributed by atoms with Gasteiger partial charge in [-0.3, -0.25) is 4.79 Å². The number of carbonyl (C=O) groups is 1. The lowest BCUT2D eigenvalue weighted by molar-refractivity contribution is -0.0498. The first-order valence-corrected chi connectivity index (χ1v) is 6.65. The monoisotopic (exact) mass is 320 g/mol. The van der Waals surface area contributed by atoms with E-state index in [4.69, 9.17) is 0 Å². The Morgan fingerprint density at radius 1 is 1.17 bits per heavy atom. The molecule has 0 bridgehead atoms. The molecular formula is C16H14F2N2O3. The molecule has 0 aromatic heterocycles. The fourth-order valence-electron chi connectivity index (χ4n) is 1.80. The average molecular weight is 320 g/mol. The van der Waals surface area contributed by atoms with E-state index < -0.39 is 12.5 Å². The van der Waals surface area contributed by atoms with Gasteiger partial charge in [0.15, 0.2) is 0 Å². The van der Waals surface area contributed by atoms with E-state index in [2.05, 4.69) is 15.3 Å². The van der Waals surface area contributed by atoms with Crippen LogP contribution >= 0.6 is 0 Å². The zero-order chi connectivity index (χ0) is 16.8. The maximum Gasteiger partial charge on any atom is 0.387 e. The number of carbonyl (C=O) groups excluding carboxylic acids is 1. The number of halogens is 2. The number of alkyl halides is 2. The second kappa shape index (κ2) is 7.35. The molecule has 0 aliphatic rings. The lowest BCUT2D eigenvalue weighted by Gasteiger charge is -2.06. The van der Waals surface area contributed by atoms with Crippen LogP contribution in [0.1, 0.15) is 22.8 Å². The van der Waals surface area contributed by atoms with Crippen molar-refractivity contribution in [3.8, 4) is 11.5 Å². The number of amides is 1. The molecule has 0 fully saturated rings. The van der Waals surface area contributed by atoms with Crippen molar-refractivity contribution in [1.29, 1.82) is 0 Å². The molecule has 0 aliphatic heterocycles. The summed E-state index contributed by atoms with van der Waals surface area (Å²) in [7, 11) is 0. The van der Waals surface area contributed by atoms with E-state index >= 15 is 0 Å². The third-order valence-electron chi connectivity index (χ3n) is 2.97. The van der Waals surface area contributed by atoms with Crippen molar-refractivity contribution in [2.75, 3.05) is 0 Å². The minimum absolute atomic E-state index is 0.0368. The fourth-order valence-corrected chi connectivity index (χ4v) is 1.80. The van der Waals surface area contributed by atoms with Crippen LogP contribution in [-0.4, -0.2) is 23.3 Å². The molecule has 0 atom stereocenters. The predicted octanol–water partition coefficient (Wildman–Crippen LogP) is 3.15. The summed E-state index contributed by atoms with van der Waals surface area (Å²) in [6.45, 7) is -1.23. The van der Waals surface area contributed by atoms with Gasteiger partial charge >= 0.3 is 6.61 Å². The van der Waals surface area contributed by atoms with Gasteiger partial charge in [-0.05, 0) is 48.9 Å². The molecule has 1 amide bonds. The van der Waals surface area contributed by atoms with Gasteiger partial charge in [-0.1, -0.05) is 12.1 Å². The lowest BCUT2D eigenvalue weighted by Crippen LogP contribution is -2.19. The smallest absolute Gasteiger partial charge is 0.387 e. The second-order valence-electron chi connectivity index (χ2n) is 4.56. The van der Waals surface area contributed by atoms with Gasteiger partial charge in [-0.25, -0.2) is 5.43 Å². The highest BCUT2D eigenvalue weighted by atomic mass is 19.3. The summed E-state index contributed by atoms with van der Waals surface area (Å²) in [5.74, 6) is -0.666. The molecule has 7 heteroatoms. The van der Waals surface area contributed by atoms with Crippen molar-refractivity contribution >= 4 is 11.6 Å². The van der Waals surface area contributed by atoms with Crippen LogP contribution in [-0.2, 0) is 0 Å². The van der Waals surface area contributed by atoms with Crippen LogP contribution in [0.2, 0.25) is 0 Å². The Kier molecular flexibility index (Phi) is 5.24. The number of aromatic hydroxyl groups is 1. The highest BCUT2D eigenvalue weighted by Crippen LogP contribution is 2.16. The Hall–Kier alpha value is -2.96. The van der Waals surface area contributed by atoms with Gasteiger partial charge in [-0.2, -0.15) is 13.9 Å². The number of hydrazone groups is 1. The number of nitrogens with zero attached hydrogens (tertiary/aromatic N) is 1. The molecule has 5 nitrogen and oxygen atoms in total. The Morgan fingerprint density at radius 2 is 1.83 bits per heavy atom. The summed E-state index contributed by atoms with van der Waals surface area (Å²) in [6.07, 6.45) is 0. The first-order chi connectivity index (χ1) is 11.0. The molecule has 0 heterocycles. The Balaban J connectivity index is 2.05. The van der Waals surface area contributed by atoms with Gasteiger partial charge in [0.05, 0.1) is 11.3 Å². The second-order valence-corrected chi connectivity index (χ2v) is 4.56. The Morgan fingerprint density at radius 3 is 2.43 bits per heavy atom. The molecule has 0 radical (unpaired) electrons. The standard InChI is InChI=1S/C16H14F2N2O3/c1-10(11-6-8-12(9-7-11)23-16(17)18)19-20-15(22)13-4-2-3-5-14(13)21/h2-9,16,21H,1H3,(H,20,22)/b19-10+. The van der Waals surface area contributed by atoms with Gasteiger partial charge in [-0.15, -0.1) is 0 Å². The maximum atomic E-state index is 12.1. The van der Waals surface area contributed by atoms with Gasteiger partial charge in [0.25, 0.3) is 5.91 Å². The number of para-hydroxylation sites is 1. The number of nitrogens with one attached hydrogen (secondary N) is 1. The summed E-state index contributed by atoms with van der Waals surface area (Å²) < 4.78 is 28.4. The summed E-state index contributed by atoms with van der Waals surface area (Å²) in [5, 5.41) is 13.5. The van der Waals surface area contributed by atoms with Crippen LogP contribution in [0.3, 0.4) is 0 Å². The molecule has 120 valence electrons. The molecule has 2 aromatic rings. The first-order valence-electron chi connectivity index (χ1n) is 6.65. The molecule has 0 saturated heterocycles. The van der Waals surface area contributed by atoms with E-state index in [1.807, 2.05) is 0 Å². The average Bonchev–Trinajstić information content (AvgIpc) is 2.53. The van der Waals surface area contributed by atoms with E-state index in [1.165, 1.54) is 24.3 Å². The molecule has 0 spiro atoms. The summed E-state index contributed by atoms with van der Waals surface area (Å²) in [5.41, 5.74) is 3.52. The summed E-state index contributed by atoms with van der Waals surface area (Å²) in [6, 6.07) is 11.9. The van der Waals surface area contributed by atoms with E-state index in [0.29, 0.717) is 11.3 Å². The summed E-state index contributed by atoms with van der Waals surface area (Å²) >= 11 is 0. The van der Waals surface area contributed by atoms with Gasteiger partial charge in [0, 0.05) is 0 Å². The van der Waals surface area contributed by atoms with Crippen molar-refractivity contribution in [3.05, 3.63) is 59.7 Å². The van der Waals surface area contributed by atoms with Crippen LogP contribution in [0.4, 0.5) is 8.78 Å². The number of phenols is 1. The van der Waals surface area contributed by atoms with Gasteiger partial charge < -0.3 is 9.84 Å². The first kappa shape index (κ1) is 16.4. The molecule has 0 aliphatic carbocycles. The van der Waals surface area contributed by atoms with Crippen molar-refractivity contribution < 1.29 is 23.4 Å². The maximum absolute atomic E-state index is 12.1. The zero-order valence-electron chi connectivity index (χ0n) is 12.2. The normalized spacial score (nSPS) is 11.4. The fraction of sp³-hybridized carbons (Fsp3) is 0.125. The van der Waals surface area contributed by atoms with Crippen LogP contribution in [0.5, 0.6) is 11.5 Å². The molecule has 23 heavy (non-hydrogen) atoms. The van der Waals surface area contributed by atoms with Gasteiger partial charge in [0.1, 0.15) is 11.5 Å². The largest absolute Gasteiger partial charge is 0.507 e. The zero-order valence-corrected chi connectivity index (χ0v) is 12.2. The Labute approximate surface area is 131 Å². The lowest BCUT2D eigenvalue weighted by atomic mass is 10.1. The van der Waals surface area contributed by atoms with Crippen molar-refractivity contribution in [3.63, 3.8) is 0 Å². The number of rotatable bonds is 5. The summed E-state index contributed by atoms with van der Waals surface area (Å²) in [4.78, 5) is 11.9. The minimum Gasteiger partial charge on any atom is -0.507 e. The Bertz CT molecular complexity index is 716. The molecule has 2 N–H and O–H groups in total. The van der Waals surface area contributed by atoms with Crippen LogP contribution in [0.15, 0.2) is 53.6 Å². The van der Waals surface area contributed by atoms with Crippen LogP contribution in [0.25, 0.3) is 0 Å². The van der Waals surface area contributed by atoms with E-state index in [1.54, 1.807) is 31.2 Å². The number of hydrogen-bond acceptors (Lipinski definition) is 4. The third kappa shape index (κ3) is 4.50. The van der Waals surface area contributed by atoms with E-state index in [-0.39, 0.29) is 17.1 Å². The van der Waals surface area contributed by atoms with Crippen molar-refractivity contribution in [1.82, 2.24) is 5.43 Å². The minimum atomic E-state index is -2.88. The molecule has 2 rings (SSSR count). The molecule has 2 aromatic carbocycles. The quantitative estimate of drug-likeness (QED) is 0.657. The van der Waals surface area contributed by atoms with Crippen molar-refractivity contribution in [2.45, 2.75) is 13.5 Å². The molecule has 0 saturated carbocycles. The van der Waals surface area contributed by atoms with Gasteiger partial charge in [0.2, 0.25) is 0 Å². The number of benzene rings is 2. The third-order valence-corrected chi connectivity index (χ3v) is 2.97. The highest BCUT2D eigenvalue weighted by Gasteiger charge is 2.09. The number of hydrogen-bond donors (Lipinski definition) is 2. The topological polar surface area (TPSA) is 70.9 Å². The molecular weight excluding hydrogens is 306 g/mol. The highest BCUT2D eigenvalue weighted by molar-refractivity contribution is 6.01. The number of phenolic OH excluding ortho intramolecular Hbond substituents is 1. The SMILES string of the molecule is C/C(=N\NC(=O)c1ccccc1O)c1ccc(OC(F)F)cc1. The predicted molar refractivity (Wildman–Crippen MR) is 80.9 cm³/mol. The number of ether oxygens (including phenoxy) is 1. The van der Waals surface area contributed by atoms with E-state index in [0.717, 1.165) is 0 Å². The van der Waals surface area contributed by atoms with Crippen LogP contribution < -0.4 is 10.2 Å². The van der Waals surface area contributed by atoms with Crippen LogP contribution in [0, 0.1) is 0 Å². The van der Waals surface area contributed by atoms with E-state index in [9.17, 15) is 18.7 Å². The van der Waals surface area contributed by atoms with Crippen molar-refractivity contribution in [2.24, 2.45) is 5.10 Å².